The van der Waals surface area contributed by atoms with Gasteiger partial charge in [-0.3, -0.25) is 4.79 Å². The fraction of sp³-hybridized carbons (Fsp3) is 0.500. The van der Waals surface area contributed by atoms with E-state index in [4.69, 9.17) is 9.84 Å². The summed E-state index contributed by atoms with van der Waals surface area (Å²) in [6, 6.07) is 0. The standard InChI is InChI=1S/C6H8O3S2/c7-2-3-9-6(8)5-1-4-10-11-5/h1,4-5,7H,2-3H2. The average molecular weight is 192 g/mol. The van der Waals surface area contributed by atoms with Crippen molar-refractivity contribution in [2.75, 3.05) is 13.2 Å². The van der Waals surface area contributed by atoms with E-state index in [1.54, 1.807) is 6.08 Å². The molecule has 1 atom stereocenters. The van der Waals surface area contributed by atoms with Gasteiger partial charge in [-0.2, -0.15) is 0 Å². The van der Waals surface area contributed by atoms with E-state index in [1.807, 2.05) is 5.41 Å². The van der Waals surface area contributed by atoms with Crippen molar-refractivity contribution in [3.8, 4) is 0 Å². The van der Waals surface area contributed by atoms with Crippen molar-refractivity contribution in [1.29, 1.82) is 0 Å². The van der Waals surface area contributed by atoms with Gasteiger partial charge < -0.3 is 9.84 Å². The van der Waals surface area contributed by atoms with Crippen LogP contribution >= 0.6 is 21.6 Å². The Hall–Kier alpha value is -0.130. The van der Waals surface area contributed by atoms with Crippen LogP contribution in [-0.2, 0) is 9.53 Å². The lowest BCUT2D eigenvalue weighted by molar-refractivity contribution is -0.142. The van der Waals surface area contributed by atoms with E-state index in [2.05, 4.69) is 0 Å². The zero-order chi connectivity index (χ0) is 8.10. The summed E-state index contributed by atoms with van der Waals surface area (Å²) < 4.78 is 4.70. The predicted octanol–water partition coefficient (Wildman–Crippen LogP) is 0.799. The minimum Gasteiger partial charge on any atom is -0.462 e. The Labute approximate surface area is 72.6 Å². The Morgan fingerprint density at radius 2 is 2.55 bits per heavy atom. The lowest BCUT2D eigenvalue weighted by Crippen LogP contribution is -2.17. The highest BCUT2D eigenvalue weighted by atomic mass is 33.1. The van der Waals surface area contributed by atoms with Gasteiger partial charge in [-0.25, -0.2) is 0 Å². The van der Waals surface area contributed by atoms with Crippen LogP contribution in [0.15, 0.2) is 11.5 Å². The number of hydrogen-bond donors (Lipinski definition) is 1. The Morgan fingerprint density at radius 3 is 3.09 bits per heavy atom. The average Bonchev–Trinajstić information content (AvgIpc) is 2.52. The number of rotatable bonds is 3. The van der Waals surface area contributed by atoms with Crippen LogP contribution in [0.4, 0.5) is 0 Å². The Balaban J connectivity index is 2.23. The maximum atomic E-state index is 11.0. The first-order chi connectivity index (χ1) is 5.34. The molecule has 1 heterocycles. The quantitative estimate of drug-likeness (QED) is 0.529. The van der Waals surface area contributed by atoms with E-state index in [0.717, 1.165) is 0 Å². The molecule has 5 heteroatoms. The molecule has 0 spiro atoms. The summed E-state index contributed by atoms with van der Waals surface area (Å²) in [5, 5.41) is 10.0. The zero-order valence-electron chi connectivity index (χ0n) is 5.73. The van der Waals surface area contributed by atoms with E-state index in [1.165, 1.54) is 21.6 Å². The van der Waals surface area contributed by atoms with Crippen LogP contribution in [0, 0.1) is 0 Å². The SMILES string of the molecule is O=C(OCCO)C1C=CSS1. The second kappa shape index (κ2) is 4.69. The molecule has 0 saturated heterocycles. The first-order valence-corrected chi connectivity index (χ1v) is 5.38. The highest BCUT2D eigenvalue weighted by Gasteiger charge is 2.20. The Bertz CT molecular complexity index is 169. The summed E-state index contributed by atoms with van der Waals surface area (Å²) in [5.41, 5.74) is 0. The number of carbonyl (C=O) groups excluding carboxylic acids is 1. The van der Waals surface area contributed by atoms with E-state index in [9.17, 15) is 4.79 Å². The first-order valence-electron chi connectivity index (χ1n) is 3.11. The topological polar surface area (TPSA) is 46.5 Å². The highest BCUT2D eigenvalue weighted by molar-refractivity contribution is 8.78. The summed E-state index contributed by atoms with van der Waals surface area (Å²) in [5.74, 6) is -0.273. The molecule has 0 aromatic heterocycles. The van der Waals surface area contributed by atoms with Crippen LogP contribution in [0.5, 0.6) is 0 Å². The number of aliphatic hydroxyl groups excluding tert-OH is 1. The molecule has 0 saturated carbocycles. The summed E-state index contributed by atoms with van der Waals surface area (Å²) in [6.07, 6.45) is 1.79. The number of hydrogen-bond acceptors (Lipinski definition) is 5. The van der Waals surface area contributed by atoms with Crippen molar-refractivity contribution in [1.82, 2.24) is 0 Å². The second-order valence-corrected chi connectivity index (χ2v) is 4.15. The maximum Gasteiger partial charge on any atom is 0.324 e. The van der Waals surface area contributed by atoms with Gasteiger partial charge in [0.05, 0.1) is 6.61 Å². The molecule has 0 aliphatic carbocycles. The largest absolute Gasteiger partial charge is 0.462 e. The molecule has 0 bridgehead atoms. The fourth-order valence-corrected chi connectivity index (χ4v) is 2.54. The summed E-state index contributed by atoms with van der Waals surface area (Å²) in [7, 11) is 2.97. The van der Waals surface area contributed by atoms with Crippen LogP contribution in [0.25, 0.3) is 0 Å². The van der Waals surface area contributed by atoms with Crippen molar-refractivity contribution in [2.45, 2.75) is 5.25 Å². The Kier molecular flexibility index (Phi) is 3.82. The molecule has 0 aromatic carbocycles. The molecule has 1 unspecified atom stereocenters. The van der Waals surface area contributed by atoms with E-state index in [0.29, 0.717) is 0 Å². The van der Waals surface area contributed by atoms with Gasteiger partial charge in [0.25, 0.3) is 0 Å². The Morgan fingerprint density at radius 1 is 1.73 bits per heavy atom. The van der Waals surface area contributed by atoms with E-state index in [-0.39, 0.29) is 24.4 Å². The highest BCUT2D eigenvalue weighted by Crippen LogP contribution is 2.35. The normalized spacial score (nSPS) is 22.1. The molecule has 1 aliphatic rings. The molecule has 11 heavy (non-hydrogen) atoms. The number of carbonyl (C=O) groups is 1. The van der Waals surface area contributed by atoms with Gasteiger partial charge in [0, 0.05) is 0 Å². The van der Waals surface area contributed by atoms with Crippen LogP contribution < -0.4 is 0 Å². The van der Waals surface area contributed by atoms with Crippen molar-refractivity contribution < 1.29 is 14.6 Å². The second-order valence-electron chi connectivity index (χ2n) is 1.83. The molecular formula is C6H8O3S2. The number of esters is 1. The van der Waals surface area contributed by atoms with Gasteiger partial charge >= 0.3 is 5.97 Å². The van der Waals surface area contributed by atoms with Crippen LogP contribution in [0.1, 0.15) is 0 Å². The van der Waals surface area contributed by atoms with Gasteiger partial charge in [-0.1, -0.05) is 27.7 Å². The fourth-order valence-electron chi connectivity index (χ4n) is 0.574. The van der Waals surface area contributed by atoms with E-state index < -0.39 is 0 Å². The minimum atomic E-state index is -0.273. The van der Waals surface area contributed by atoms with Crippen molar-refractivity contribution in [2.24, 2.45) is 0 Å². The third kappa shape index (κ3) is 2.76. The smallest absolute Gasteiger partial charge is 0.324 e. The van der Waals surface area contributed by atoms with Gasteiger partial charge in [0.15, 0.2) is 0 Å². The molecule has 1 N–H and O–H groups in total. The molecule has 3 nitrogen and oxygen atoms in total. The van der Waals surface area contributed by atoms with Crippen molar-refractivity contribution in [3.63, 3.8) is 0 Å². The summed E-state index contributed by atoms with van der Waals surface area (Å²) in [4.78, 5) is 11.0. The summed E-state index contributed by atoms with van der Waals surface area (Å²) >= 11 is 0. The van der Waals surface area contributed by atoms with Gasteiger partial charge in [0.2, 0.25) is 0 Å². The monoisotopic (exact) mass is 192 g/mol. The van der Waals surface area contributed by atoms with Crippen LogP contribution in [0.2, 0.25) is 0 Å². The van der Waals surface area contributed by atoms with Crippen molar-refractivity contribution >= 4 is 27.6 Å². The molecule has 0 radical (unpaired) electrons. The third-order valence-electron chi connectivity index (χ3n) is 1.04. The van der Waals surface area contributed by atoms with E-state index >= 15 is 0 Å². The van der Waals surface area contributed by atoms with Gasteiger partial charge in [-0.05, 0) is 5.41 Å². The molecule has 0 amide bonds. The lowest BCUT2D eigenvalue weighted by atomic mass is 10.4. The van der Waals surface area contributed by atoms with Gasteiger partial charge in [-0.15, -0.1) is 0 Å². The minimum absolute atomic E-state index is 0.0917. The molecule has 62 valence electrons. The van der Waals surface area contributed by atoms with Gasteiger partial charge in [0.1, 0.15) is 11.9 Å². The molecule has 1 rings (SSSR count). The molecule has 0 fully saturated rings. The zero-order valence-corrected chi connectivity index (χ0v) is 7.36. The molecule has 0 aromatic rings. The van der Waals surface area contributed by atoms with Crippen LogP contribution in [-0.4, -0.2) is 29.5 Å². The lowest BCUT2D eigenvalue weighted by Gasteiger charge is -2.05. The van der Waals surface area contributed by atoms with Crippen LogP contribution in [0.3, 0.4) is 0 Å². The maximum absolute atomic E-state index is 11.0. The third-order valence-corrected chi connectivity index (χ3v) is 3.26. The number of ether oxygens (including phenoxy) is 1. The predicted molar refractivity (Wildman–Crippen MR) is 46.2 cm³/mol. The molecular weight excluding hydrogens is 184 g/mol. The number of aliphatic hydroxyl groups is 1. The van der Waals surface area contributed by atoms with Crippen molar-refractivity contribution in [3.05, 3.63) is 11.5 Å². The summed E-state index contributed by atoms with van der Waals surface area (Å²) in [6.45, 7) is -0.0195. The molecule has 1 aliphatic heterocycles. The first kappa shape index (κ1) is 8.96.